The first kappa shape index (κ1) is 31.7. The van der Waals surface area contributed by atoms with Gasteiger partial charge in [-0.3, -0.25) is 4.79 Å². The molecule has 0 bridgehead atoms. The number of carbonyl (C=O) groups is 1. The molecule has 0 spiro atoms. The second-order valence-corrected chi connectivity index (χ2v) is 13.1. The number of benzene rings is 3. The Morgan fingerprint density at radius 3 is 2.50 bits per heavy atom. The van der Waals surface area contributed by atoms with Crippen LogP contribution in [0.15, 0.2) is 59.5 Å². The molecule has 0 saturated carbocycles. The van der Waals surface area contributed by atoms with Gasteiger partial charge < -0.3 is 14.4 Å². The Bertz CT molecular complexity index is 1540. The molecule has 1 heterocycles. The van der Waals surface area contributed by atoms with Crippen LogP contribution in [-0.4, -0.2) is 56.9 Å². The lowest BCUT2D eigenvalue weighted by Gasteiger charge is -2.26. The van der Waals surface area contributed by atoms with Crippen LogP contribution in [0.25, 0.3) is 0 Å². The average Bonchev–Trinajstić information content (AvgIpc) is 3.02. The predicted octanol–water partition coefficient (Wildman–Crippen LogP) is 5.95. The fourth-order valence-corrected chi connectivity index (χ4v) is 7.21. The Kier molecular flexibility index (Phi) is 10.1. The first-order valence-electron chi connectivity index (χ1n) is 14.4. The number of esters is 1. The van der Waals surface area contributed by atoms with Gasteiger partial charge in [-0.05, 0) is 98.9 Å². The smallest absolute Gasteiger partial charge is 0.306 e. The highest BCUT2D eigenvalue weighted by Gasteiger charge is 2.34. The Morgan fingerprint density at radius 1 is 1.07 bits per heavy atom. The minimum atomic E-state index is -3.83. The number of sulfonamides is 1. The van der Waals surface area contributed by atoms with Crippen LogP contribution in [0.5, 0.6) is 5.75 Å². The summed E-state index contributed by atoms with van der Waals surface area (Å²) >= 11 is 0. The van der Waals surface area contributed by atoms with Gasteiger partial charge >= 0.3 is 5.97 Å². The summed E-state index contributed by atoms with van der Waals surface area (Å²) in [5.74, 6) is -0.718. The number of para-hydroxylation sites is 1. The van der Waals surface area contributed by atoms with Gasteiger partial charge in [0.15, 0.2) is 0 Å². The molecular formula is C33H41FN2O5S. The molecule has 1 aliphatic rings. The van der Waals surface area contributed by atoms with Gasteiger partial charge in [0.1, 0.15) is 22.6 Å². The van der Waals surface area contributed by atoms with Crippen LogP contribution in [0.2, 0.25) is 0 Å². The van der Waals surface area contributed by atoms with Gasteiger partial charge in [-0.1, -0.05) is 37.3 Å². The molecule has 3 aromatic rings. The maximum atomic E-state index is 14.6. The number of fused-ring (bicyclic) bond motifs is 1. The molecule has 0 fully saturated rings. The number of nitrogens with zero attached hydrogens (tertiary/aromatic N) is 2. The molecule has 2 atom stereocenters. The quantitative estimate of drug-likeness (QED) is 0.269. The third kappa shape index (κ3) is 7.02. The highest BCUT2D eigenvalue weighted by atomic mass is 32.2. The van der Waals surface area contributed by atoms with Crippen molar-refractivity contribution in [2.45, 2.75) is 70.5 Å². The Labute approximate surface area is 249 Å². The van der Waals surface area contributed by atoms with Gasteiger partial charge in [0.05, 0.1) is 19.6 Å². The number of rotatable bonds is 10. The van der Waals surface area contributed by atoms with Crippen LogP contribution < -0.4 is 4.74 Å². The molecule has 0 aliphatic carbocycles. The number of carbonyl (C=O) groups excluding carboxylic acids is 1. The Balaban J connectivity index is 1.80. The summed E-state index contributed by atoms with van der Waals surface area (Å²) in [6, 6.07) is 15.7. The first-order chi connectivity index (χ1) is 19.9. The van der Waals surface area contributed by atoms with E-state index in [-0.39, 0.29) is 48.9 Å². The zero-order valence-electron chi connectivity index (χ0n) is 25.3. The Hall–Kier alpha value is -3.27. The summed E-state index contributed by atoms with van der Waals surface area (Å²) < 4.78 is 55.2. The normalized spacial score (nSPS) is 17.3. The van der Waals surface area contributed by atoms with Crippen molar-refractivity contribution >= 4 is 16.0 Å². The molecule has 4 rings (SSSR count). The van der Waals surface area contributed by atoms with E-state index >= 15 is 0 Å². The van der Waals surface area contributed by atoms with E-state index in [1.807, 2.05) is 58.0 Å². The summed E-state index contributed by atoms with van der Waals surface area (Å²) in [6.07, 6.45) is 0.433. The van der Waals surface area contributed by atoms with E-state index in [9.17, 15) is 17.6 Å². The zero-order valence-corrected chi connectivity index (χ0v) is 26.1. The van der Waals surface area contributed by atoms with Gasteiger partial charge in [0.2, 0.25) is 10.0 Å². The van der Waals surface area contributed by atoms with Gasteiger partial charge in [-0.2, -0.15) is 4.31 Å². The fourth-order valence-electron chi connectivity index (χ4n) is 5.64. The number of ether oxygens (including phenoxy) is 2. The van der Waals surface area contributed by atoms with Crippen molar-refractivity contribution < 1.29 is 27.1 Å². The minimum Gasteiger partial charge on any atom is -0.488 e. The maximum Gasteiger partial charge on any atom is 0.306 e. The molecule has 7 nitrogen and oxygen atoms in total. The summed E-state index contributed by atoms with van der Waals surface area (Å²) in [6.45, 7) is 8.67. The summed E-state index contributed by atoms with van der Waals surface area (Å²) in [5.41, 5.74) is 5.02. The zero-order chi connectivity index (χ0) is 30.6. The third-order valence-electron chi connectivity index (χ3n) is 7.69. The monoisotopic (exact) mass is 596 g/mol. The van der Waals surface area contributed by atoms with E-state index in [4.69, 9.17) is 9.47 Å². The molecule has 0 amide bonds. The van der Waals surface area contributed by atoms with Crippen LogP contribution >= 0.6 is 0 Å². The van der Waals surface area contributed by atoms with E-state index in [1.165, 1.54) is 16.4 Å². The average molecular weight is 597 g/mol. The SMILES string of the molecule is CCOC(=O)CC(c1ccc(C)c(CN2C[C@@H](CC)Oc3ccccc3S2(=O)=O)c1)c1c(C)cc(F)cc1CN(C)C. The van der Waals surface area contributed by atoms with Crippen LogP contribution in [0, 0.1) is 19.7 Å². The predicted molar refractivity (Wildman–Crippen MR) is 162 cm³/mol. The van der Waals surface area contributed by atoms with E-state index in [0.29, 0.717) is 18.7 Å². The van der Waals surface area contributed by atoms with Crippen LogP contribution in [0.4, 0.5) is 4.39 Å². The van der Waals surface area contributed by atoms with Crippen molar-refractivity contribution in [1.82, 2.24) is 9.21 Å². The van der Waals surface area contributed by atoms with Crippen molar-refractivity contribution in [2.24, 2.45) is 0 Å². The molecule has 42 heavy (non-hydrogen) atoms. The summed E-state index contributed by atoms with van der Waals surface area (Å²) in [7, 11) is 0.00261. The van der Waals surface area contributed by atoms with Crippen molar-refractivity contribution in [2.75, 3.05) is 27.2 Å². The highest BCUT2D eigenvalue weighted by molar-refractivity contribution is 7.89. The highest BCUT2D eigenvalue weighted by Crippen LogP contribution is 2.37. The van der Waals surface area contributed by atoms with E-state index in [1.54, 1.807) is 31.2 Å². The van der Waals surface area contributed by atoms with Crippen LogP contribution in [0.3, 0.4) is 0 Å². The van der Waals surface area contributed by atoms with E-state index < -0.39 is 15.9 Å². The topological polar surface area (TPSA) is 76.1 Å². The lowest BCUT2D eigenvalue weighted by Crippen LogP contribution is -2.36. The minimum absolute atomic E-state index is 0.0738. The van der Waals surface area contributed by atoms with Gasteiger partial charge in [0.25, 0.3) is 0 Å². The summed E-state index contributed by atoms with van der Waals surface area (Å²) in [4.78, 5) is 15.0. The number of hydrogen-bond donors (Lipinski definition) is 0. The number of halogens is 1. The molecule has 1 unspecified atom stereocenters. The molecule has 0 saturated heterocycles. The van der Waals surface area contributed by atoms with Crippen LogP contribution in [-0.2, 0) is 32.6 Å². The Morgan fingerprint density at radius 2 is 1.81 bits per heavy atom. The molecule has 9 heteroatoms. The van der Waals surface area contributed by atoms with Crippen LogP contribution in [0.1, 0.15) is 66.0 Å². The molecule has 0 aromatic heterocycles. The molecular weight excluding hydrogens is 555 g/mol. The van der Waals surface area contributed by atoms with Crippen molar-refractivity contribution in [3.63, 3.8) is 0 Å². The van der Waals surface area contributed by atoms with Gasteiger partial charge in [-0.15, -0.1) is 0 Å². The van der Waals surface area contributed by atoms with E-state index in [2.05, 4.69) is 0 Å². The fraction of sp³-hybridized carbons (Fsp3) is 0.424. The number of aryl methyl sites for hydroxylation is 2. The maximum absolute atomic E-state index is 14.6. The lowest BCUT2D eigenvalue weighted by atomic mass is 9.82. The third-order valence-corrected chi connectivity index (χ3v) is 9.55. The second-order valence-electron chi connectivity index (χ2n) is 11.2. The number of hydrogen-bond acceptors (Lipinski definition) is 6. The molecule has 3 aromatic carbocycles. The van der Waals surface area contributed by atoms with Crippen molar-refractivity contribution in [1.29, 1.82) is 0 Å². The van der Waals surface area contributed by atoms with E-state index in [0.717, 1.165) is 33.4 Å². The first-order valence-corrected chi connectivity index (χ1v) is 15.8. The molecule has 1 aliphatic heterocycles. The molecule has 226 valence electrons. The van der Waals surface area contributed by atoms with Crippen molar-refractivity contribution in [3.05, 3.63) is 93.8 Å². The largest absolute Gasteiger partial charge is 0.488 e. The molecule has 0 radical (unpaired) electrons. The van der Waals surface area contributed by atoms with Crippen molar-refractivity contribution in [3.8, 4) is 5.75 Å². The second kappa shape index (κ2) is 13.4. The standard InChI is InChI=1S/C33H41FN2O5S/c1-7-28-21-36(42(38,39)31-12-10-9-11-30(31)41-28)20-25-16-24(14-13-22(25)3)29(18-32(37)40-8-2)33-23(4)15-27(34)17-26(33)19-35(5)6/h9-17,28-29H,7-8,18-21H2,1-6H3/t28-,29?/m1/s1. The van der Waals surface area contributed by atoms with Gasteiger partial charge in [-0.25, -0.2) is 12.8 Å². The lowest BCUT2D eigenvalue weighted by molar-refractivity contribution is -0.143. The molecule has 0 N–H and O–H groups in total. The van der Waals surface area contributed by atoms with Gasteiger partial charge in [0, 0.05) is 19.0 Å². The summed E-state index contributed by atoms with van der Waals surface area (Å²) in [5, 5.41) is 0.